The third kappa shape index (κ3) is 4.42. The van der Waals surface area contributed by atoms with Gasteiger partial charge in [-0.2, -0.15) is 0 Å². The maximum Gasteiger partial charge on any atom is 0.418 e. The Kier molecular flexibility index (Phi) is 5.65. The van der Waals surface area contributed by atoms with Gasteiger partial charge in [0.1, 0.15) is 5.75 Å². The highest BCUT2D eigenvalue weighted by Gasteiger charge is 2.14. The normalized spacial score (nSPS) is 10.6. The minimum Gasteiger partial charge on any atom is -0.410 e. The van der Waals surface area contributed by atoms with Crippen molar-refractivity contribution in [3.8, 4) is 5.75 Å². The second-order valence-electron chi connectivity index (χ2n) is 6.41. The number of fused-ring (bicyclic) bond motifs is 1. The van der Waals surface area contributed by atoms with Gasteiger partial charge < -0.3 is 10.1 Å². The number of para-hydroxylation sites is 2. The summed E-state index contributed by atoms with van der Waals surface area (Å²) in [4.78, 5) is 29.1. The van der Waals surface area contributed by atoms with Crippen LogP contribution in [0.3, 0.4) is 0 Å². The second kappa shape index (κ2) is 8.52. The molecule has 30 heavy (non-hydrogen) atoms. The Morgan fingerprint density at radius 1 is 1.00 bits per heavy atom. The molecule has 0 saturated carbocycles. The minimum atomic E-state index is -0.632. The van der Waals surface area contributed by atoms with Crippen LogP contribution >= 0.6 is 22.9 Å². The fraction of sp³-hybridized carbons (Fsp3) is 0.0455. The van der Waals surface area contributed by atoms with E-state index in [4.69, 9.17) is 16.3 Å². The zero-order valence-corrected chi connectivity index (χ0v) is 17.4. The molecule has 0 radical (unpaired) electrons. The van der Waals surface area contributed by atoms with Gasteiger partial charge in [-0.1, -0.05) is 53.3 Å². The number of anilines is 2. The molecule has 0 aliphatic heterocycles. The van der Waals surface area contributed by atoms with Crippen LogP contribution < -0.4 is 15.4 Å². The second-order valence-corrected chi connectivity index (χ2v) is 7.85. The van der Waals surface area contributed by atoms with Gasteiger partial charge in [-0.25, -0.2) is 9.78 Å². The summed E-state index contributed by atoms with van der Waals surface area (Å²) in [5, 5.41) is 6.32. The molecule has 2 amide bonds. The van der Waals surface area contributed by atoms with Gasteiger partial charge in [-0.15, -0.1) is 0 Å². The molecule has 0 saturated heterocycles. The quantitative estimate of drug-likeness (QED) is 0.403. The van der Waals surface area contributed by atoms with E-state index < -0.39 is 6.09 Å². The van der Waals surface area contributed by atoms with E-state index in [0.717, 1.165) is 10.3 Å². The van der Waals surface area contributed by atoms with Gasteiger partial charge in [0.05, 0.1) is 20.9 Å². The van der Waals surface area contributed by atoms with Crippen LogP contribution in [-0.4, -0.2) is 17.0 Å². The first kappa shape index (κ1) is 19.9. The molecule has 4 rings (SSSR count). The Labute approximate surface area is 181 Å². The van der Waals surface area contributed by atoms with Crippen molar-refractivity contribution in [1.29, 1.82) is 0 Å². The average molecular weight is 438 g/mol. The number of thiazole rings is 1. The van der Waals surface area contributed by atoms with E-state index in [1.807, 2.05) is 25.1 Å². The average Bonchev–Trinajstić information content (AvgIpc) is 3.12. The number of ether oxygens (including phenoxy) is 1. The summed E-state index contributed by atoms with van der Waals surface area (Å²) in [5.41, 5.74) is 2.59. The summed E-state index contributed by atoms with van der Waals surface area (Å²) < 4.78 is 5.96. The molecular formula is C22H16ClN3O3S. The topological polar surface area (TPSA) is 80.3 Å². The number of nitrogens with one attached hydrogen (secondary N) is 2. The van der Waals surface area contributed by atoms with Crippen LogP contribution in [0, 0.1) is 6.92 Å². The number of halogens is 1. The first-order valence-electron chi connectivity index (χ1n) is 9.00. The zero-order valence-electron chi connectivity index (χ0n) is 15.8. The van der Waals surface area contributed by atoms with Gasteiger partial charge >= 0.3 is 6.09 Å². The molecule has 1 aromatic heterocycles. The van der Waals surface area contributed by atoms with Gasteiger partial charge in [0, 0.05) is 5.56 Å². The van der Waals surface area contributed by atoms with E-state index in [-0.39, 0.29) is 5.91 Å². The van der Waals surface area contributed by atoms with Crippen LogP contribution in [0.2, 0.25) is 5.02 Å². The summed E-state index contributed by atoms with van der Waals surface area (Å²) >= 11 is 7.44. The van der Waals surface area contributed by atoms with Crippen molar-refractivity contribution in [2.24, 2.45) is 0 Å². The lowest BCUT2D eigenvalue weighted by Gasteiger charge is -2.10. The Balaban J connectivity index is 1.49. The Bertz CT molecular complexity index is 1220. The lowest BCUT2D eigenvalue weighted by molar-refractivity contribution is 0.102. The number of carbonyl (C=O) groups excluding carboxylic acids is 2. The minimum absolute atomic E-state index is 0.278. The predicted octanol–water partition coefficient (Wildman–Crippen LogP) is 6.12. The van der Waals surface area contributed by atoms with E-state index in [9.17, 15) is 9.59 Å². The van der Waals surface area contributed by atoms with Crippen molar-refractivity contribution in [3.05, 3.63) is 82.9 Å². The molecule has 0 fully saturated rings. The molecule has 3 aromatic carbocycles. The molecule has 8 heteroatoms. The molecule has 0 unspecified atom stereocenters. The van der Waals surface area contributed by atoms with E-state index in [1.54, 1.807) is 48.5 Å². The van der Waals surface area contributed by atoms with Crippen LogP contribution in [0.5, 0.6) is 5.75 Å². The Morgan fingerprint density at radius 3 is 2.57 bits per heavy atom. The van der Waals surface area contributed by atoms with E-state index in [2.05, 4.69) is 15.6 Å². The maximum atomic E-state index is 12.7. The number of nitrogens with zero attached hydrogens (tertiary/aromatic N) is 1. The molecule has 0 bridgehead atoms. The van der Waals surface area contributed by atoms with E-state index in [1.165, 1.54) is 11.3 Å². The summed E-state index contributed by atoms with van der Waals surface area (Å²) in [5.74, 6) is 0.157. The molecule has 0 spiro atoms. The van der Waals surface area contributed by atoms with Gasteiger partial charge in [0.25, 0.3) is 5.91 Å². The molecule has 150 valence electrons. The number of rotatable bonds is 4. The molecule has 1 heterocycles. The molecule has 0 aliphatic carbocycles. The van der Waals surface area contributed by atoms with Gasteiger partial charge in [-0.3, -0.25) is 10.1 Å². The molecule has 0 atom stereocenters. The highest BCUT2D eigenvalue weighted by Crippen LogP contribution is 2.29. The summed E-state index contributed by atoms with van der Waals surface area (Å²) in [6.07, 6.45) is -0.632. The standard InChI is InChI=1S/C22H16ClN3O3S/c1-13-6-5-9-16(23)19(13)25-20(27)14-10-11-17-18(12-14)30-21(24-17)26-22(28)29-15-7-3-2-4-8-15/h2-12H,1H3,(H,25,27)(H,24,26,28). The number of hydrogen-bond acceptors (Lipinski definition) is 5. The monoisotopic (exact) mass is 437 g/mol. The smallest absolute Gasteiger partial charge is 0.410 e. The number of carbonyl (C=O) groups is 2. The fourth-order valence-electron chi connectivity index (χ4n) is 2.80. The van der Waals surface area contributed by atoms with Crippen LogP contribution in [0.1, 0.15) is 15.9 Å². The van der Waals surface area contributed by atoms with Crippen molar-refractivity contribution >= 4 is 56.0 Å². The first-order valence-corrected chi connectivity index (χ1v) is 10.2. The van der Waals surface area contributed by atoms with Crippen LogP contribution in [0.25, 0.3) is 10.2 Å². The van der Waals surface area contributed by atoms with Crippen LogP contribution in [0.15, 0.2) is 66.7 Å². The highest BCUT2D eigenvalue weighted by molar-refractivity contribution is 7.22. The first-order chi connectivity index (χ1) is 14.5. The molecule has 2 N–H and O–H groups in total. The zero-order chi connectivity index (χ0) is 21.1. The lowest BCUT2D eigenvalue weighted by Crippen LogP contribution is -2.16. The fourth-order valence-corrected chi connectivity index (χ4v) is 3.96. The number of amides is 2. The third-order valence-corrected chi connectivity index (χ3v) is 5.52. The van der Waals surface area contributed by atoms with Crippen LogP contribution in [0.4, 0.5) is 15.6 Å². The highest BCUT2D eigenvalue weighted by atomic mass is 35.5. The molecule has 6 nitrogen and oxygen atoms in total. The number of aryl methyl sites for hydroxylation is 1. The van der Waals surface area contributed by atoms with E-state index >= 15 is 0 Å². The summed E-state index contributed by atoms with van der Waals surface area (Å²) in [7, 11) is 0. The molecule has 0 aliphatic rings. The Morgan fingerprint density at radius 2 is 1.80 bits per heavy atom. The predicted molar refractivity (Wildman–Crippen MR) is 120 cm³/mol. The van der Waals surface area contributed by atoms with Crippen molar-refractivity contribution in [2.75, 3.05) is 10.6 Å². The van der Waals surface area contributed by atoms with Crippen molar-refractivity contribution in [2.45, 2.75) is 6.92 Å². The molecular weight excluding hydrogens is 422 g/mol. The Hall–Kier alpha value is -3.42. The maximum absolute atomic E-state index is 12.7. The summed E-state index contributed by atoms with van der Waals surface area (Å²) in [6.45, 7) is 1.88. The van der Waals surface area contributed by atoms with Crippen molar-refractivity contribution in [3.63, 3.8) is 0 Å². The van der Waals surface area contributed by atoms with Gasteiger partial charge in [0.2, 0.25) is 0 Å². The number of aromatic nitrogens is 1. The van der Waals surface area contributed by atoms with Crippen molar-refractivity contribution < 1.29 is 14.3 Å². The summed E-state index contributed by atoms with van der Waals surface area (Å²) in [6, 6.07) is 19.3. The van der Waals surface area contributed by atoms with Crippen LogP contribution in [-0.2, 0) is 0 Å². The largest absolute Gasteiger partial charge is 0.418 e. The van der Waals surface area contributed by atoms with Gasteiger partial charge in [0.15, 0.2) is 5.13 Å². The van der Waals surface area contributed by atoms with Gasteiger partial charge in [-0.05, 0) is 48.9 Å². The SMILES string of the molecule is Cc1cccc(Cl)c1NC(=O)c1ccc2nc(NC(=O)Oc3ccccc3)sc2c1. The molecule has 4 aromatic rings. The van der Waals surface area contributed by atoms with E-state index in [0.29, 0.717) is 32.7 Å². The van der Waals surface area contributed by atoms with Crippen molar-refractivity contribution in [1.82, 2.24) is 4.98 Å². The lowest BCUT2D eigenvalue weighted by atomic mass is 10.1. The number of hydrogen-bond donors (Lipinski definition) is 2. The number of benzene rings is 3. The third-order valence-electron chi connectivity index (χ3n) is 4.27.